The van der Waals surface area contributed by atoms with E-state index < -0.39 is 0 Å². The van der Waals surface area contributed by atoms with Gasteiger partial charge in [-0.25, -0.2) is 0 Å². The van der Waals surface area contributed by atoms with E-state index in [-0.39, 0.29) is 11.3 Å². The Kier molecular flexibility index (Phi) is 4.76. The molecule has 0 heterocycles. The van der Waals surface area contributed by atoms with E-state index in [0.29, 0.717) is 6.42 Å². The fourth-order valence-corrected chi connectivity index (χ4v) is 3.00. The SMILES string of the molecule is CCCc1ccc(C(=O)CC2(N)CCCCC2)cc1. The zero-order chi connectivity index (χ0) is 13.7. The Bertz CT molecular complexity index is 415. The van der Waals surface area contributed by atoms with Gasteiger partial charge in [0.25, 0.3) is 0 Å². The summed E-state index contributed by atoms with van der Waals surface area (Å²) >= 11 is 0. The number of Topliss-reactive ketones (excluding diaryl/α,β-unsaturated/α-hetero) is 1. The van der Waals surface area contributed by atoms with Crippen molar-refractivity contribution < 1.29 is 4.79 Å². The number of hydrogen-bond acceptors (Lipinski definition) is 2. The van der Waals surface area contributed by atoms with Gasteiger partial charge in [-0.05, 0) is 24.8 Å². The third-order valence-corrected chi connectivity index (χ3v) is 4.18. The van der Waals surface area contributed by atoms with Crippen molar-refractivity contribution >= 4 is 5.78 Å². The summed E-state index contributed by atoms with van der Waals surface area (Å²) in [4.78, 5) is 12.3. The fourth-order valence-electron chi connectivity index (χ4n) is 3.00. The number of ketones is 1. The van der Waals surface area contributed by atoms with Gasteiger partial charge in [-0.1, -0.05) is 56.9 Å². The lowest BCUT2D eigenvalue weighted by Crippen LogP contribution is -2.43. The molecule has 0 spiro atoms. The summed E-state index contributed by atoms with van der Waals surface area (Å²) in [7, 11) is 0. The van der Waals surface area contributed by atoms with E-state index >= 15 is 0 Å². The number of aryl methyl sites for hydroxylation is 1. The number of carbonyl (C=O) groups is 1. The van der Waals surface area contributed by atoms with Gasteiger partial charge in [0, 0.05) is 17.5 Å². The molecule has 0 radical (unpaired) electrons. The molecule has 1 aliphatic rings. The molecule has 0 saturated heterocycles. The number of rotatable bonds is 5. The minimum absolute atomic E-state index is 0.201. The molecule has 2 rings (SSSR count). The molecule has 0 aliphatic heterocycles. The molecule has 0 bridgehead atoms. The molecule has 0 unspecified atom stereocenters. The van der Waals surface area contributed by atoms with Crippen molar-refractivity contribution in [2.75, 3.05) is 0 Å². The van der Waals surface area contributed by atoms with E-state index in [0.717, 1.165) is 31.2 Å². The van der Waals surface area contributed by atoms with Gasteiger partial charge in [0.2, 0.25) is 0 Å². The van der Waals surface area contributed by atoms with E-state index in [2.05, 4.69) is 19.1 Å². The molecular formula is C17H25NO. The van der Waals surface area contributed by atoms with Gasteiger partial charge in [0.1, 0.15) is 0 Å². The molecule has 1 fully saturated rings. The lowest BCUT2D eigenvalue weighted by molar-refractivity contribution is 0.0934. The summed E-state index contributed by atoms with van der Waals surface area (Å²) in [6.45, 7) is 2.17. The van der Waals surface area contributed by atoms with Crippen LogP contribution in [0.15, 0.2) is 24.3 Å². The van der Waals surface area contributed by atoms with Crippen molar-refractivity contribution in [3.63, 3.8) is 0 Å². The number of hydrogen-bond donors (Lipinski definition) is 1. The first-order valence-electron chi connectivity index (χ1n) is 7.54. The third kappa shape index (κ3) is 3.90. The topological polar surface area (TPSA) is 43.1 Å². The van der Waals surface area contributed by atoms with E-state index in [1.54, 1.807) is 0 Å². The number of carbonyl (C=O) groups excluding carboxylic acids is 1. The first-order valence-corrected chi connectivity index (χ1v) is 7.54. The summed E-state index contributed by atoms with van der Waals surface area (Å²) < 4.78 is 0. The Morgan fingerprint density at radius 2 is 1.79 bits per heavy atom. The van der Waals surface area contributed by atoms with Crippen LogP contribution in [0, 0.1) is 0 Å². The van der Waals surface area contributed by atoms with Gasteiger partial charge in [-0.15, -0.1) is 0 Å². The Labute approximate surface area is 116 Å². The van der Waals surface area contributed by atoms with Gasteiger partial charge in [0.15, 0.2) is 5.78 Å². The highest BCUT2D eigenvalue weighted by Crippen LogP contribution is 2.29. The second kappa shape index (κ2) is 6.33. The number of nitrogens with two attached hydrogens (primary N) is 1. The standard InChI is InChI=1S/C17H25NO/c1-2-6-14-7-9-15(10-8-14)16(19)13-17(18)11-4-3-5-12-17/h7-10H,2-6,11-13,18H2,1H3. The average Bonchev–Trinajstić information content (AvgIpc) is 2.40. The molecule has 2 heteroatoms. The van der Waals surface area contributed by atoms with Crippen molar-refractivity contribution in [2.45, 2.75) is 63.8 Å². The van der Waals surface area contributed by atoms with Crippen LogP contribution in [-0.2, 0) is 6.42 Å². The van der Waals surface area contributed by atoms with Crippen LogP contribution >= 0.6 is 0 Å². The van der Waals surface area contributed by atoms with Crippen LogP contribution < -0.4 is 5.73 Å². The molecule has 19 heavy (non-hydrogen) atoms. The molecule has 2 N–H and O–H groups in total. The minimum atomic E-state index is -0.253. The molecule has 1 aromatic rings. The second-order valence-corrected chi connectivity index (χ2v) is 5.97. The largest absolute Gasteiger partial charge is 0.325 e. The predicted molar refractivity (Wildman–Crippen MR) is 79.4 cm³/mol. The Morgan fingerprint density at radius 3 is 2.37 bits per heavy atom. The van der Waals surface area contributed by atoms with Crippen LogP contribution in [0.5, 0.6) is 0 Å². The molecule has 104 valence electrons. The molecule has 2 nitrogen and oxygen atoms in total. The van der Waals surface area contributed by atoms with Crippen molar-refractivity contribution in [3.05, 3.63) is 35.4 Å². The van der Waals surface area contributed by atoms with Crippen LogP contribution in [0.4, 0.5) is 0 Å². The zero-order valence-corrected chi connectivity index (χ0v) is 12.0. The van der Waals surface area contributed by atoms with Crippen LogP contribution in [0.1, 0.15) is 67.8 Å². The van der Waals surface area contributed by atoms with Crippen molar-refractivity contribution in [1.29, 1.82) is 0 Å². The second-order valence-electron chi connectivity index (χ2n) is 5.97. The van der Waals surface area contributed by atoms with Gasteiger partial charge >= 0.3 is 0 Å². The van der Waals surface area contributed by atoms with Crippen molar-refractivity contribution in [2.24, 2.45) is 5.73 Å². The van der Waals surface area contributed by atoms with Crippen LogP contribution in [-0.4, -0.2) is 11.3 Å². The zero-order valence-electron chi connectivity index (χ0n) is 12.0. The summed E-state index contributed by atoms with van der Waals surface area (Å²) in [5.41, 5.74) is 8.22. The third-order valence-electron chi connectivity index (χ3n) is 4.18. The van der Waals surface area contributed by atoms with E-state index in [1.165, 1.54) is 24.8 Å². The summed E-state index contributed by atoms with van der Waals surface area (Å²) in [6, 6.07) is 8.06. The average molecular weight is 259 g/mol. The Morgan fingerprint density at radius 1 is 1.16 bits per heavy atom. The fraction of sp³-hybridized carbons (Fsp3) is 0.588. The summed E-state index contributed by atoms with van der Waals surface area (Å²) in [6.07, 6.45) is 8.30. The maximum absolute atomic E-state index is 12.3. The highest BCUT2D eigenvalue weighted by Gasteiger charge is 2.30. The first kappa shape index (κ1) is 14.3. The lowest BCUT2D eigenvalue weighted by atomic mass is 9.78. The van der Waals surface area contributed by atoms with E-state index in [4.69, 9.17) is 5.73 Å². The van der Waals surface area contributed by atoms with Crippen molar-refractivity contribution in [1.82, 2.24) is 0 Å². The summed E-state index contributed by atoms with van der Waals surface area (Å²) in [5, 5.41) is 0. The quantitative estimate of drug-likeness (QED) is 0.816. The first-order chi connectivity index (χ1) is 9.13. The highest BCUT2D eigenvalue weighted by molar-refractivity contribution is 5.96. The number of benzene rings is 1. The van der Waals surface area contributed by atoms with Gasteiger partial charge in [0.05, 0.1) is 0 Å². The molecule has 0 atom stereocenters. The normalized spacial score (nSPS) is 18.2. The van der Waals surface area contributed by atoms with Gasteiger partial charge in [-0.3, -0.25) is 4.79 Å². The molecule has 0 amide bonds. The lowest BCUT2D eigenvalue weighted by Gasteiger charge is -2.32. The maximum Gasteiger partial charge on any atom is 0.164 e. The smallest absolute Gasteiger partial charge is 0.164 e. The Hall–Kier alpha value is -1.15. The molecular weight excluding hydrogens is 234 g/mol. The van der Waals surface area contributed by atoms with Crippen LogP contribution in [0.25, 0.3) is 0 Å². The predicted octanol–water partition coefficient (Wildman–Crippen LogP) is 3.87. The van der Waals surface area contributed by atoms with Gasteiger partial charge < -0.3 is 5.73 Å². The van der Waals surface area contributed by atoms with Gasteiger partial charge in [-0.2, -0.15) is 0 Å². The van der Waals surface area contributed by atoms with Crippen LogP contribution in [0.2, 0.25) is 0 Å². The van der Waals surface area contributed by atoms with Crippen LogP contribution in [0.3, 0.4) is 0 Å². The molecule has 0 aromatic heterocycles. The molecule has 1 aromatic carbocycles. The monoisotopic (exact) mass is 259 g/mol. The molecule has 1 saturated carbocycles. The van der Waals surface area contributed by atoms with Crippen molar-refractivity contribution in [3.8, 4) is 0 Å². The highest BCUT2D eigenvalue weighted by atomic mass is 16.1. The maximum atomic E-state index is 12.3. The Balaban J connectivity index is 1.99. The molecule has 1 aliphatic carbocycles. The van der Waals surface area contributed by atoms with E-state index in [1.807, 2.05) is 12.1 Å². The minimum Gasteiger partial charge on any atom is -0.325 e. The summed E-state index contributed by atoms with van der Waals surface area (Å²) in [5.74, 6) is 0.201. The van der Waals surface area contributed by atoms with E-state index in [9.17, 15) is 4.79 Å².